The lowest BCUT2D eigenvalue weighted by molar-refractivity contribution is 0.0511. The maximum atomic E-state index is 12.2. The maximum Gasteiger partial charge on any atom is 0.408 e. The van der Waals surface area contributed by atoms with Gasteiger partial charge in [0.1, 0.15) is 11.6 Å². The Balaban J connectivity index is 2.34. The summed E-state index contributed by atoms with van der Waals surface area (Å²) < 4.78 is 7.00. The van der Waals surface area contributed by atoms with Crippen molar-refractivity contribution >= 4 is 11.8 Å². The van der Waals surface area contributed by atoms with Gasteiger partial charge in [0, 0.05) is 7.05 Å². The van der Waals surface area contributed by atoms with E-state index in [0.29, 0.717) is 5.69 Å². The maximum absolute atomic E-state index is 12.2. The molecule has 0 aliphatic rings. The second-order valence-corrected chi connectivity index (χ2v) is 6.10. The first-order valence-corrected chi connectivity index (χ1v) is 7.10. The first kappa shape index (κ1) is 15.9. The number of nitrogens with one attached hydrogen (secondary N) is 1. The molecule has 0 radical (unpaired) electrons. The summed E-state index contributed by atoms with van der Waals surface area (Å²) in [5.41, 5.74) is 7.59. The molecule has 0 saturated carbocycles. The number of nitrogens with zero attached hydrogens (tertiary/aromatic N) is 2. The second kappa shape index (κ2) is 6.09. The van der Waals surface area contributed by atoms with Crippen LogP contribution in [0.4, 0.5) is 10.5 Å². The Kier molecular flexibility index (Phi) is 4.40. The van der Waals surface area contributed by atoms with E-state index in [9.17, 15) is 4.79 Å². The standard InChI is InChI=1S/C16H22N4O2/c1-16(2,3)22-15(21)19-13(11-8-6-5-7-9-11)14-12(17)10-18-20(14)4/h5-10,13H,17H2,1-4H3,(H,19,21). The highest BCUT2D eigenvalue weighted by atomic mass is 16.6. The van der Waals surface area contributed by atoms with Crippen molar-refractivity contribution in [3.63, 3.8) is 0 Å². The van der Waals surface area contributed by atoms with Gasteiger partial charge in [-0.25, -0.2) is 4.79 Å². The van der Waals surface area contributed by atoms with Gasteiger partial charge in [-0.15, -0.1) is 0 Å². The molecule has 6 heteroatoms. The minimum Gasteiger partial charge on any atom is -0.444 e. The fraction of sp³-hybridized carbons (Fsp3) is 0.375. The third-order valence-corrected chi connectivity index (χ3v) is 3.08. The molecule has 1 heterocycles. The molecule has 0 bridgehead atoms. The Morgan fingerprint density at radius 3 is 2.45 bits per heavy atom. The smallest absolute Gasteiger partial charge is 0.408 e. The van der Waals surface area contributed by atoms with Gasteiger partial charge in [-0.2, -0.15) is 5.10 Å². The van der Waals surface area contributed by atoms with Crippen LogP contribution in [0.3, 0.4) is 0 Å². The fourth-order valence-electron chi connectivity index (χ4n) is 2.20. The van der Waals surface area contributed by atoms with E-state index in [4.69, 9.17) is 10.5 Å². The number of nitrogens with two attached hydrogens (primary N) is 1. The van der Waals surface area contributed by atoms with Crippen molar-refractivity contribution in [1.29, 1.82) is 0 Å². The highest BCUT2D eigenvalue weighted by Crippen LogP contribution is 2.26. The first-order chi connectivity index (χ1) is 10.3. The normalized spacial score (nSPS) is 12.7. The monoisotopic (exact) mass is 302 g/mol. The van der Waals surface area contributed by atoms with Gasteiger partial charge in [0.05, 0.1) is 17.6 Å². The number of anilines is 1. The van der Waals surface area contributed by atoms with Crippen LogP contribution in [-0.4, -0.2) is 21.5 Å². The fourth-order valence-corrected chi connectivity index (χ4v) is 2.20. The summed E-state index contributed by atoms with van der Waals surface area (Å²) in [6.45, 7) is 5.47. The Labute approximate surface area is 130 Å². The molecule has 3 N–H and O–H groups in total. The number of rotatable bonds is 3. The molecule has 0 spiro atoms. The van der Waals surface area contributed by atoms with Crippen LogP contribution in [-0.2, 0) is 11.8 Å². The lowest BCUT2D eigenvalue weighted by Crippen LogP contribution is -2.36. The molecule has 1 atom stereocenters. The number of benzene rings is 1. The molecule has 118 valence electrons. The van der Waals surface area contributed by atoms with E-state index < -0.39 is 17.7 Å². The highest BCUT2D eigenvalue weighted by Gasteiger charge is 2.25. The van der Waals surface area contributed by atoms with Crippen molar-refractivity contribution in [2.45, 2.75) is 32.4 Å². The first-order valence-electron chi connectivity index (χ1n) is 7.10. The van der Waals surface area contributed by atoms with Crippen molar-refractivity contribution in [3.8, 4) is 0 Å². The number of hydrogen-bond acceptors (Lipinski definition) is 4. The molecule has 0 fully saturated rings. The zero-order valence-corrected chi connectivity index (χ0v) is 13.3. The van der Waals surface area contributed by atoms with Gasteiger partial charge >= 0.3 is 6.09 Å². The van der Waals surface area contributed by atoms with Crippen LogP contribution in [0.15, 0.2) is 36.5 Å². The van der Waals surface area contributed by atoms with Crippen molar-refractivity contribution in [2.24, 2.45) is 7.05 Å². The summed E-state index contributed by atoms with van der Waals surface area (Å²) >= 11 is 0. The van der Waals surface area contributed by atoms with Crippen LogP contribution in [0.25, 0.3) is 0 Å². The average Bonchev–Trinajstić information content (AvgIpc) is 2.75. The van der Waals surface area contributed by atoms with Gasteiger partial charge in [0.25, 0.3) is 0 Å². The van der Waals surface area contributed by atoms with Crippen LogP contribution in [0.1, 0.15) is 38.1 Å². The number of ether oxygens (including phenoxy) is 1. The molecular weight excluding hydrogens is 280 g/mol. The molecule has 1 amide bonds. The predicted octanol–water partition coefficient (Wildman–Crippen LogP) is 2.62. The average molecular weight is 302 g/mol. The van der Waals surface area contributed by atoms with E-state index in [1.807, 2.05) is 51.1 Å². The topological polar surface area (TPSA) is 82.2 Å². The number of aryl methyl sites for hydroxylation is 1. The van der Waals surface area contributed by atoms with Crippen molar-refractivity contribution < 1.29 is 9.53 Å². The number of hydrogen-bond donors (Lipinski definition) is 2. The lowest BCUT2D eigenvalue weighted by Gasteiger charge is -2.24. The number of alkyl carbamates (subject to hydrolysis) is 1. The van der Waals surface area contributed by atoms with Crippen molar-refractivity contribution in [3.05, 3.63) is 47.8 Å². The SMILES string of the molecule is Cn1ncc(N)c1C(NC(=O)OC(C)(C)C)c1ccccc1. The summed E-state index contributed by atoms with van der Waals surface area (Å²) in [6, 6.07) is 9.16. The number of aromatic nitrogens is 2. The van der Waals surface area contributed by atoms with E-state index in [-0.39, 0.29) is 0 Å². The number of carbonyl (C=O) groups excluding carboxylic acids is 1. The Hall–Kier alpha value is -2.50. The molecule has 0 aliphatic carbocycles. The minimum absolute atomic E-state index is 0.427. The van der Waals surface area contributed by atoms with E-state index in [1.54, 1.807) is 17.9 Å². The lowest BCUT2D eigenvalue weighted by atomic mass is 10.0. The Morgan fingerprint density at radius 1 is 1.32 bits per heavy atom. The molecule has 22 heavy (non-hydrogen) atoms. The summed E-state index contributed by atoms with van der Waals surface area (Å²) in [5, 5.41) is 7.02. The molecular formula is C16H22N4O2. The summed E-state index contributed by atoms with van der Waals surface area (Å²) in [4.78, 5) is 12.2. The minimum atomic E-state index is -0.566. The van der Waals surface area contributed by atoms with E-state index in [0.717, 1.165) is 11.3 Å². The van der Waals surface area contributed by atoms with Crippen LogP contribution in [0, 0.1) is 0 Å². The summed E-state index contributed by atoms with van der Waals surface area (Å²) in [6.07, 6.45) is 1.07. The molecule has 2 aromatic rings. The highest BCUT2D eigenvalue weighted by molar-refractivity contribution is 5.69. The molecule has 1 aromatic carbocycles. The number of nitrogen functional groups attached to an aromatic ring is 1. The zero-order chi connectivity index (χ0) is 16.3. The van der Waals surface area contributed by atoms with Crippen molar-refractivity contribution in [2.75, 3.05) is 5.73 Å². The second-order valence-electron chi connectivity index (χ2n) is 6.10. The van der Waals surface area contributed by atoms with Gasteiger partial charge < -0.3 is 15.8 Å². The Morgan fingerprint density at radius 2 is 1.95 bits per heavy atom. The molecule has 2 rings (SSSR count). The quantitative estimate of drug-likeness (QED) is 0.913. The number of amides is 1. The largest absolute Gasteiger partial charge is 0.444 e. The van der Waals surface area contributed by atoms with Crippen LogP contribution >= 0.6 is 0 Å². The molecule has 6 nitrogen and oxygen atoms in total. The molecule has 0 aliphatic heterocycles. The van der Waals surface area contributed by atoms with E-state index >= 15 is 0 Å². The van der Waals surface area contributed by atoms with E-state index in [1.165, 1.54) is 0 Å². The van der Waals surface area contributed by atoms with Crippen LogP contribution in [0.2, 0.25) is 0 Å². The molecule has 1 aromatic heterocycles. The predicted molar refractivity (Wildman–Crippen MR) is 85.3 cm³/mol. The van der Waals surface area contributed by atoms with Gasteiger partial charge in [-0.1, -0.05) is 30.3 Å². The summed E-state index contributed by atoms with van der Waals surface area (Å²) in [5.74, 6) is 0. The van der Waals surface area contributed by atoms with Gasteiger partial charge in [0.2, 0.25) is 0 Å². The summed E-state index contributed by atoms with van der Waals surface area (Å²) in [7, 11) is 1.79. The molecule has 0 saturated heterocycles. The number of carbonyl (C=O) groups is 1. The van der Waals surface area contributed by atoms with Gasteiger partial charge in [-0.3, -0.25) is 4.68 Å². The Bertz CT molecular complexity index is 624. The van der Waals surface area contributed by atoms with Crippen LogP contribution < -0.4 is 11.1 Å². The third kappa shape index (κ3) is 3.78. The molecule has 1 unspecified atom stereocenters. The van der Waals surface area contributed by atoms with Crippen LogP contribution in [0.5, 0.6) is 0 Å². The van der Waals surface area contributed by atoms with E-state index in [2.05, 4.69) is 10.4 Å². The van der Waals surface area contributed by atoms with Crippen molar-refractivity contribution in [1.82, 2.24) is 15.1 Å². The van der Waals surface area contributed by atoms with Gasteiger partial charge in [0.15, 0.2) is 0 Å². The van der Waals surface area contributed by atoms with Gasteiger partial charge in [-0.05, 0) is 26.3 Å². The third-order valence-electron chi connectivity index (χ3n) is 3.08. The zero-order valence-electron chi connectivity index (χ0n) is 13.3.